The molecule has 0 amide bonds. The van der Waals surface area contributed by atoms with Crippen LogP contribution in [-0.4, -0.2) is 0 Å². The van der Waals surface area contributed by atoms with Crippen molar-refractivity contribution in [3.63, 3.8) is 0 Å². The lowest BCUT2D eigenvalue weighted by Gasteiger charge is -2.06. The highest BCUT2D eigenvalue weighted by atomic mass is 16.3. The fourth-order valence-corrected chi connectivity index (χ4v) is 2.56. The Hall–Kier alpha value is -0.980. The van der Waals surface area contributed by atoms with Crippen molar-refractivity contribution in [2.24, 2.45) is 0 Å². The van der Waals surface area contributed by atoms with Crippen LogP contribution in [0.3, 0.4) is 0 Å². The maximum atomic E-state index is 5.49. The molecule has 1 heterocycles. The number of hydrogen-bond donors (Lipinski definition) is 0. The van der Waals surface area contributed by atoms with Crippen molar-refractivity contribution in [3.05, 3.63) is 35.8 Å². The summed E-state index contributed by atoms with van der Waals surface area (Å²) in [7, 11) is 0. The molecule has 20 heavy (non-hydrogen) atoms. The van der Waals surface area contributed by atoms with Gasteiger partial charge in [-0.3, -0.25) is 0 Å². The summed E-state index contributed by atoms with van der Waals surface area (Å²) in [6.07, 6.45) is 18.5. The first-order valence-corrected chi connectivity index (χ1v) is 8.57. The Balaban J connectivity index is 2.32. The Kier molecular flexibility index (Phi) is 10.1. The molecule has 0 unspecified atom stereocenters. The average Bonchev–Trinajstić information content (AvgIpc) is 2.95. The molecule has 1 aromatic rings. The van der Waals surface area contributed by atoms with E-state index in [4.69, 9.17) is 4.42 Å². The van der Waals surface area contributed by atoms with Gasteiger partial charge >= 0.3 is 0 Å². The summed E-state index contributed by atoms with van der Waals surface area (Å²) in [4.78, 5) is 0. The van der Waals surface area contributed by atoms with Crippen LogP contribution in [0.5, 0.6) is 0 Å². The molecule has 0 atom stereocenters. The highest BCUT2D eigenvalue weighted by Crippen LogP contribution is 2.17. The first kappa shape index (κ1) is 17.1. The third kappa shape index (κ3) is 8.24. The van der Waals surface area contributed by atoms with Crippen molar-refractivity contribution in [2.45, 2.75) is 84.5 Å². The molecule has 0 N–H and O–H groups in total. The first-order chi connectivity index (χ1) is 9.86. The summed E-state index contributed by atoms with van der Waals surface area (Å²) < 4.78 is 5.49. The van der Waals surface area contributed by atoms with E-state index in [0.717, 1.165) is 12.2 Å². The SMILES string of the molecule is CCCCCCC/C=C(/CCCCC)Cc1ccco1. The van der Waals surface area contributed by atoms with E-state index >= 15 is 0 Å². The molecule has 1 rings (SSSR count). The molecule has 0 spiro atoms. The molecular formula is C19H32O. The summed E-state index contributed by atoms with van der Waals surface area (Å²) in [5.74, 6) is 1.11. The maximum absolute atomic E-state index is 5.49. The number of furan rings is 1. The minimum Gasteiger partial charge on any atom is -0.469 e. The molecular weight excluding hydrogens is 244 g/mol. The zero-order chi connectivity index (χ0) is 14.5. The molecule has 0 bridgehead atoms. The molecule has 0 fully saturated rings. The second-order valence-electron chi connectivity index (χ2n) is 5.78. The van der Waals surface area contributed by atoms with E-state index in [-0.39, 0.29) is 0 Å². The van der Waals surface area contributed by atoms with Crippen LogP contribution in [0.2, 0.25) is 0 Å². The summed E-state index contributed by atoms with van der Waals surface area (Å²) in [5.41, 5.74) is 1.57. The van der Waals surface area contributed by atoms with Gasteiger partial charge in [0.05, 0.1) is 6.26 Å². The van der Waals surface area contributed by atoms with E-state index in [1.165, 1.54) is 64.2 Å². The molecule has 0 radical (unpaired) electrons. The number of rotatable bonds is 12. The molecule has 1 nitrogen and oxygen atoms in total. The van der Waals surface area contributed by atoms with Crippen molar-refractivity contribution in [1.82, 2.24) is 0 Å². The highest BCUT2D eigenvalue weighted by molar-refractivity contribution is 5.12. The standard InChI is InChI=1S/C19H32O/c1-3-5-7-8-9-11-14-18(13-10-6-4-2)17-19-15-12-16-20-19/h12,14-16H,3-11,13,17H2,1-2H3/b18-14-. The van der Waals surface area contributed by atoms with E-state index in [9.17, 15) is 0 Å². The Morgan fingerprint density at radius 3 is 2.45 bits per heavy atom. The smallest absolute Gasteiger partial charge is 0.107 e. The third-order valence-electron chi connectivity index (χ3n) is 3.82. The van der Waals surface area contributed by atoms with Gasteiger partial charge in [0.25, 0.3) is 0 Å². The predicted octanol–water partition coefficient (Wildman–Crippen LogP) is 6.69. The quantitative estimate of drug-likeness (QED) is 0.306. The van der Waals surface area contributed by atoms with Gasteiger partial charge in [-0.05, 0) is 37.8 Å². The number of hydrogen-bond acceptors (Lipinski definition) is 1. The van der Waals surface area contributed by atoms with Crippen molar-refractivity contribution in [2.75, 3.05) is 0 Å². The molecule has 1 aromatic heterocycles. The normalized spacial score (nSPS) is 12.0. The summed E-state index contributed by atoms with van der Waals surface area (Å²) in [6, 6.07) is 4.08. The Labute approximate surface area is 125 Å². The van der Waals surface area contributed by atoms with E-state index < -0.39 is 0 Å². The maximum Gasteiger partial charge on any atom is 0.107 e. The van der Waals surface area contributed by atoms with Gasteiger partial charge in [-0.2, -0.15) is 0 Å². The van der Waals surface area contributed by atoms with Gasteiger partial charge in [-0.1, -0.05) is 64.0 Å². The predicted molar refractivity (Wildman–Crippen MR) is 88.0 cm³/mol. The highest BCUT2D eigenvalue weighted by Gasteiger charge is 2.02. The first-order valence-electron chi connectivity index (χ1n) is 8.57. The second-order valence-corrected chi connectivity index (χ2v) is 5.78. The minimum absolute atomic E-state index is 1.01. The Morgan fingerprint density at radius 2 is 1.75 bits per heavy atom. The monoisotopic (exact) mass is 276 g/mol. The van der Waals surface area contributed by atoms with Gasteiger partial charge in [0.15, 0.2) is 0 Å². The van der Waals surface area contributed by atoms with Crippen molar-refractivity contribution < 1.29 is 4.42 Å². The molecule has 0 saturated carbocycles. The van der Waals surface area contributed by atoms with Gasteiger partial charge in [0, 0.05) is 6.42 Å². The van der Waals surface area contributed by atoms with E-state index in [0.29, 0.717) is 0 Å². The van der Waals surface area contributed by atoms with Gasteiger partial charge in [-0.15, -0.1) is 0 Å². The molecule has 0 aromatic carbocycles. The van der Waals surface area contributed by atoms with Crippen LogP contribution in [0.4, 0.5) is 0 Å². The molecule has 1 heteroatoms. The largest absolute Gasteiger partial charge is 0.469 e. The van der Waals surface area contributed by atoms with E-state index in [1.54, 1.807) is 11.8 Å². The van der Waals surface area contributed by atoms with Crippen molar-refractivity contribution in [1.29, 1.82) is 0 Å². The lowest BCUT2D eigenvalue weighted by Crippen LogP contribution is -1.91. The average molecular weight is 276 g/mol. The number of unbranched alkanes of at least 4 members (excludes halogenated alkanes) is 7. The van der Waals surface area contributed by atoms with Crippen LogP contribution in [0.1, 0.15) is 83.8 Å². The van der Waals surface area contributed by atoms with Crippen LogP contribution >= 0.6 is 0 Å². The zero-order valence-electron chi connectivity index (χ0n) is 13.5. The second kappa shape index (κ2) is 11.8. The van der Waals surface area contributed by atoms with Crippen molar-refractivity contribution in [3.8, 4) is 0 Å². The minimum atomic E-state index is 1.01. The topological polar surface area (TPSA) is 13.1 Å². The lowest BCUT2D eigenvalue weighted by molar-refractivity contribution is 0.515. The summed E-state index contributed by atoms with van der Waals surface area (Å²) in [6.45, 7) is 4.54. The van der Waals surface area contributed by atoms with Crippen molar-refractivity contribution >= 4 is 0 Å². The fourth-order valence-electron chi connectivity index (χ4n) is 2.56. The molecule has 0 saturated heterocycles. The van der Waals surface area contributed by atoms with Gasteiger partial charge in [-0.25, -0.2) is 0 Å². The molecule has 0 aliphatic heterocycles. The van der Waals surface area contributed by atoms with Gasteiger partial charge < -0.3 is 4.42 Å². The lowest BCUT2D eigenvalue weighted by atomic mass is 10.0. The van der Waals surface area contributed by atoms with E-state index in [2.05, 4.69) is 26.0 Å². The Morgan fingerprint density at radius 1 is 1.00 bits per heavy atom. The molecule has 114 valence electrons. The molecule has 0 aliphatic rings. The molecule has 0 aliphatic carbocycles. The van der Waals surface area contributed by atoms with Gasteiger partial charge in [0.1, 0.15) is 5.76 Å². The third-order valence-corrected chi connectivity index (χ3v) is 3.82. The Bertz CT molecular complexity index is 335. The van der Waals surface area contributed by atoms with Crippen LogP contribution in [0.25, 0.3) is 0 Å². The van der Waals surface area contributed by atoms with Crippen LogP contribution in [0.15, 0.2) is 34.5 Å². The summed E-state index contributed by atoms with van der Waals surface area (Å²) in [5, 5.41) is 0. The zero-order valence-corrected chi connectivity index (χ0v) is 13.5. The van der Waals surface area contributed by atoms with Crippen LogP contribution < -0.4 is 0 Å². The van der Waals surface area contributed by atoms with Crippen LogP contribution in [-0.2, 0) is 6.42 Å². The van der Waals surface area contributed by atoms with Crippen LogP contribution in [0, 0.1) is 0 Å². The van der Waals surface area contributed by atoms with E-state index in [1.807, 2.05) is 6.07 Å². The fraction of sp³-hybridized carbons (Fsp3) is 0.684. The number of allylic oxidation sites excluding steroid dienone is 2. The summed E-state index contributed by atoms with van der Waals surface area (Å²) >= 11 is 0. The van der Waals surface area contributed by atoms with Gasteiger partial charge in [0.2, 0.25) is 0 Å².